The Balaban J connectivity index is 1.61. The molecule has 1 aliphatic carbocycles. The topological polar surface area (TPSA) is 58.2 Å². The van der Waals surface area contributed by atoms with E-state index in [2.05, 4.69) is 10.6 Å². The van der Waals surface area contributed by atoms with E-state index in [9.17, 15) is 9.59 Å². The van der Waals surface area contributed by atoms with Gasteiger partial charge in [-0.1, -0.05) is 66.7 Å². The maximum absolute atomic E-state index is 13.2. The highest BCUT2D eigenvalue weighted by Crippen LogP contribution is 2.31. The number of carbonyl (C=O) groups excluding carboxylic acids is 2. The number of amides is 2. The first-order valence-electron chi connectivity index (χ1n) is 9.91. The summed E-state index contributed by atoms with van der Waals surface area (Å²) in [5.74, 6) is -0.0457. The molecule has 4 heteroatoms. The smallest absolute Gasteiger partial charge is 0.252 e. The molecule has 0 bridgehead atoms. The van der Waals surface area contributed by atoms with E-state index in [1.54, 1.807) is 18.2 Å². The van der Waals surface area contributed by atoms with Crippen LogP contribution in [-0.2, 0) is 10.3 Å². The average molecular weight is 384 g/mol. The van der Waals surface area contributed by atoms with E-state index in [0.29, 0.717) is 11.3 Å². The van der Waals surface area contributed by atoms with Gasteiger partial charge in [0.25, 0.3) is 5.91 Å². The van der Waals surface area contributed by atoms with Crippen LogP contribution in [0.4, 0.5) is 5.69 Å². The highest BCUT2D eigenvalue weighted by molar-refractivity contribution is 5.98. The molecule has 146 valence electrons. The van der Waals surface area contributed by atoms with Gasteiger partial charge in [0.05, 0.1) is 5.54 Å². The number of benzene rings is 3. The van der Waals surface area contributed by atoms with Gasteiger partial charge in [-0.25, -0.2) is 0 Å². The molecule has 0 unspecified atom stereocenters. The predicted octanol–water partition coefficient (Wildman–Crippen LogP) is 4.73. The molecule has 0 atom stereocenters. The molecule has 0 aromatic heterocycles. The van der Waals surface area contributed by atoms with Crippen molar-refractivity contribution in [2.75, 3.05) is 5.32 Å². The molecule has 0 radical (unpaired) electrons. The average Bonchev–Trinajstić information content (AvgIpc) is 3.61. The van der Waals surface area contributed by atoms with Gasteiger partial charge in [0, 0.05) is 17.2 Å². The summed E-state index contributed by atoms with van der Waals surface area (Å²) in [6.45, 7) is 2.01. The van der Waals surface area contributed by atoms with Crippen LogP contribution in [0.1, 0.15) is 41.3 Å². The molecule has 1 fully saturated rings. The first-order valence-corrected chi connectivity index (χ1v) is 9.91. The van der Waals surface area contributed by atoms with Crippen molar-refractivity contribution in [3.63, 3.8) is 0 Å². The van der Waals surface area contributed by atoms with Gasteiger partial charge < -0.3 is 10.6 Å². The third kappa shape index (κ3) is 4.21. The summed E-state index contributed by atoms with van der Waals surface area (Å²) in [5, 5.41) is 6.11. The summed E-state index contributed by atoms with van der Waals surface area (Å²) in [6.07, 6.45) is 1.89. The lowest BCUT2D eigenvalue weighted by atomic mass is 9.84. The van der Waals surface area contributed by atoms with Crippen molar-refractivity contribution < 1.29 is 9.59 Å². The molecule has 0 heterocycles. The van der Waals surface area contributed by atoms with Crippen LogP contribution < -0.4 is 10.6 Å². The summed E-state index contributed by atoms with van der Waals surface area (Å²) in [6, 6.07) is 26.9. The van der Waals surface area contributed by atoms with E-state index in [1.807, 2.05) is 73.7 Å². The van der Waals surface area contributed by atoms with Crippen molar-refractivity contribution in [3.8, 4) is 0 Å². The largest absolute Gasteiger partial charge is 0.339 e. The van der Waals surface area contributed by atoms with Gasteiger partial charge in [-0.15, -0.1) is 0 Å². The molecule has 0 spiro atoms. The number of carbonyl (C=O) groups is 2. The van der Waals surface area contributed by atoms with Gasteiger partial charge in [-0.2, -0.15) is 0 Å². The first-order chi connectivity index (χ1) is 14.1. The summed E-state index contributed by atoms with van der Waals surface area (Å²) in [4.78, 5) is 25.2. The highest BCUT2D eigenvalue weighted by Gasteiger charge is 2.31. The standard InChI is InChI=1S/C25H24N2O2/c1-25(20-10-4-2-5-11-20,21-12-6-3-7-13-21)27-24(29)19-9-8-14-22(17-19)26-23(28)18-15-16-18/h2-14,17-18H,15-16H2,1H3,(H,26,28)(H,27,29). The van der Waals surface area contributed by atoms with Crippen molar-refractivity contribution in [2.24, 2.45) is 5.92 Å². The monoisotopic (exact) mass is 384 g/mol. The van der Waals surface area contributed by atoms with E-state index in [1.165, 1.54) is 0 Å². The molecule has 4 rings (SSSR count). The molecule has 0 saturated heterocycles. The number of hydrogen-bond acceptors (Lipinski definition) is 2. The molecule has 1 aliphatic rings. The Morgan fingerprint density at radius 2 is 1.41 bits per heavy atom. The third-order valence-corrected chi connectivity index (χ3v) is 5.41. The fourth-order valence-corrected chi connectivity index (χ4v) is 3.48. The Hall–Kier alpha value is -3.40. The highest BCUT2D eigenvalue weighted by atomic mass is 16.2. The quantitative estimate of drug-likeness (QED) is 0.646. The molecule has 3 aromatic rings. The lowest BCUT2D eigenvalue weighted by Crippen LogP contribution is -2.44. The Morgan fingerprint density at radius 1 is 0.828 bits per heavy atom. The Morgan fingerprint density at radius 3 is 1.97 bits per heavy atom. The lowest BCUT2D eigenvalue weighted by molar-refractivity contribution is -0.117. The fourth-order valence-electron chi connectivity index (χ4n) is 3.48. The van der Waals surface area contributed by atoms with Gasteiger partial charge >= 0.3 is 0 Å². The molecule has 4 nitrogen and oxygen atoms in total. The zero-order valence-electron chi connectivity index (χ0n) is 16.4. The van der Waals surface area contributed by atoms with E-state index >= 15 is 0 Å². The predicted molar refractivity (Wildman–Crippen MR) is 115 cm³/mol. The number of rotatable bonds is 6. The Bertz CT molecular complexity index is 972. The van der Waals surface area contributed by atoms with Gasteiger partial charge in [0.15, 0.2) is 0 Å². The van der Waals surface area contributed by atoms with Gasteiger partial charge in [0.1, 0.15) is 0 Å². The van der Waals surface area contributed by atoms with Gasteiger partial charge in [-0.3, -0.25) is 9.59 Å². The van der Waals surface area contributed by atoms with Crippen LogP contribution >= 0.6 is 0 Å². The minimum atomic E-state index is -0.688. The van der Waals surface area contributed by atoms with E-state index in [-0.39, 0.29) is 17.7 Å². The second kappa shape index (κ2) is 7.92. The lowest BCUT2D eigenvalue weighted by Gasteiger charge is -2.32. The molecule has 29 heavy (non-hydrogen) atoms. The van der Waals surface area contributed by atoms with Crippen LogP contribution in [0, 0.1) is 5.92 Å². The zero-order valence-corrected chi connectivity index (χ0v) is 16.4. The minimum Gasteiger partial charge on any atom is -0.339 e. The first kappa shape index (κ1) is 18.9. The molecular formula is C25H24N2O2. The molecule has 3 aromatic carbocycles. The summed E-state index contributed by atoms with van der Waals surface area (Å²) < 4.78 is 0. The minimum absolute atomic E-state index is 0.0287. The van der Waals surface area contributed by atoms with Crippen molar-refractivity contribution in [2.45, 2.75) is 25.3 Å². The second-order valence-corrected chi connectivity index (χ2v) is 7.66. The molecule has 1 saturated carbocycles. The maximum atomic E-state index is 13.2. The van der Waals surface area contributed by atoms with Crippen molar-refractivity contribution in [1.82, 2.24) is 5.32 Å². The summed E-state index contributed by atoms with van der Waals surface area (Å²) in [5.41, 5.74) is 2.47. The summed E-state index contributed by atoms with van der Waals surface area (Å²) >= 11 is 0. The van der Waals surface area contributed by atoms with Crippen LogP contribution in [0.25, 0.3) is 0 Å². The van der Waals surface area contributed by atoms with Gasteiger partial charge in [0.2, 0.25) is 5.91 Å². The molecule has 0 aliphatic heterocycles. The van der Waals surface area contributed by atoms with Crippen LogP contribution in [-0.4, -0.2) is 11.8 Å². The fraction of sp³-hybridized carbons (Fsp3) is 0.200. The molecule has 2 N–H and O–H groups in total. The number of anilines is 1. The van der Waals surface area contributed by atoms with Crippen molar-refractivity contribution >= 4 is 17.5 Å². The number of nitrogens with one attached hydrogen (secondary N) is 2. The zero-order chi connectivity index (χ0) is 20.3. The van der Waals surface area contributed by atoms with Gasteiger partial charge in [-0.05, 0) is 49.1 Å². The SMILES string of the molecule is CC(NC(=O)c1cccc(NC(=O)C2CC2)c1)(c1ccccc1)c1ccccc1. The second-order valence-electron chi connectivity index (χ2n) is 7.66. The summed E-state index contributed by atoms with van der Waals surface area (Å²) in [7, 11) is 0. The number of hydrogen-bond donors (Lipinski definition) is 2. The maximum Gasteiger partial charge on any atom is 0.252 e. The van der Waals surface area contributed by atoms with Crippen LogP contribution in [0.2, 0.25) is 0 Å². The van der Waals surface area contributed by atoms with Crippen LogP contribution in [0.15, 0.2) is 84.9 Å². The van der Waals surface area contributed by atoms with Crippen LogP contribution in [0.5, 0.6) is 0 Å². The Kier molecular flexibility index (Phi) is 5.17. The van der Waals surface area contributed by atoms with Crippen molar-refractivity contribution in [3.05, 3.63) is 102 Å². The molecule has 2 amide bonds. The van der Waals surface area contributed by atoms with Crippen molar-refractivity contribution in [1.29, 1.82) is 0 Å². The van der Waals surface area contributed by atoms with E-state index < -0.39 is 5.54 Å². The van der Waals surface area contributed by atoms with E-state index in [0.717, 1.165) is 24.0 Å². The molecular weight excluding hydrogens is 360 g/mol. The normalized spacial score (nSPS) is 13.6. The Labute approximate surface area is 171 Å². The third-order valence-electron chi connectivity index (χ3n) is 5.41. The van der Waals surface area contributed by atoms with E-state index in [4.69, 9.17) is 0 Å². The van der Waals surface area contributed by atoms with Crippen LogP contribution in [0.3, 0.4) is 0 Å².